The summed E-state index contributed by atoms with van der Waals surface area (Å²) in [7, 11) is 0. The molecule has 4 aromatic rings. The Morgan fingerprint density at radius 3 is 2.79 bits per heavy atom. The quantitative estimate of drug-likeness (QED) is 0.445. The summed E-state index contributed by atoms with van der Waals surface area (Å²) in [4.78, 5) is 20.9. The van der Waals surface area contributed by atoms with Gasteiger partial charge in [-0.3, -0.25) is 14.9 Å². The van der Waals surface area contributed by atoms with Gasteiger partial charge in [-0.25, -0.2) is 14.4 Å². The predicted molar refractivity (Wildman–Crippen MR) is 126 cm³/mol. The smallest absolute Gasteiger partial charge is 0.135 e. The first-order chi connectivity index (χ1) is 16.2. The number of nitrogens with zero attached hydrogens (tertiary/aromatic N) is 5. The Bertz CT molecular complexity index is 1200. The largest absolute Gasteiger partial charge is 0.340 e. The van der Waals surface area contributed by atoms with Crippen LogP contribution in [0.5, 0.6) is 0 Å². The minimum Gasteiger partial charge on any atom is -0.340 e. The van der Waals surface area contributed by atoms with Crippen molar-refractivity contribution >= 4 is 11.5 Å². The Balaban J connectivity index is 1.44. The average Bonchev–Trinajstić information content (AvgIpc) is 2.85. The van der Waals surface area contributed by atoms with Crippen LogP contribution in [-0.2, 0) is 6.54 Å². The molecule has 1 fully saturated rings. The van der Waals surface area contributed by atoms with E-state index in [1.54, 1.807) is 18.5 Å². The zero-order chi connectivity index (χ0) is 22.5. The van der Waals surface area contributed by atoms with Gasteiger partial charge in [-0.05, 0) is 61.9 Å². The van der Waals surface area contributed by atoms with Crippen molar-refractivity contribution in [2.45, 2.75) is 25.3 Å². The minimum absolute atomic E-state index is 0.201. The fourth-order valence-corrected chi connectivity index (χ4v) is 4.22. The van der Waals surface area contributed by atoms with Crippen LogP contribution in [0.15, 0.2) is 79.3 Å². The third kappa shape index (κ3) is 5.38. The number of benzene rings is 1. The van der Waals surface area contributed by atoms with Crippen molar-refractivity contribution in [1.82, 2.24) is 24.8 Å². The number of aromatic nitrogens is 4. The van der Waals surface area contributed by atoms with Crippen LogP contribution in [-0.4, -0.2) is 37.9 Å². The summed E-state index contributed by atoms with van der Waals surface area (Å²) in [5, 5.41) is 3.25. The summed E-state index contributed by atoms with van der Waals surface area (Å²) in [5.74, 6) is 1.35. The molecule has 4 heterocycles. The predicted octanol–water partition coefficient (Wildman–Crippen LogP) is 5.20. The number of halogens is 1. The van der Waals surface area contributed by atoms with Crippen LogP contribution in [0.25, 0.3) is 11.3 Å². The van der Waals surface area contributed by atoms with E-state index in [-0.39, 0.29) is 11.7 Å². The maximum absolute atomic E-state index is 13.7. The third-order valence-corrected chi connectivity index (χ3v) is 5.78. The summed E-state index contributed by atoms with van der Waals surface area (Å²) in [6.45, 7) is 2.71. The van der Waals surface area contributed by atoms with Crippen molar-refractivity contribution in [1.29, 1.82) is 0 Å². The number of anilines is 2. The summed E-state index contributed by atoms with van der Waals surface area (Å²) in [6, 6.07) is 18.2. The lowest BCUT2D eigenvalue weighted by Crippen LogP contribution is -2.34. The molecule has 1 N–H and O–H groups in total. The van der Waals surface area contributed by atoms with E-state index in [1.165, 1.54) is 12.1 Å². The normalized spacial score (nSPS) is 16.5. The van der Waals surface area contributed by atoms with Crippen LogP contribution < -0.4 is 5.32 Å². The molecule has 1 aromatic carbocycles. The van der Waals surface area contributed by atoms with Gasteiger partial charge in [0, 0.05) is 54.9 Å². The van der Waals surface area contributed by atoms with Gasteiger partial charge in [-0.1, -0.05) is 12.1 Å². The Morgan fingerprint density at radius 2 is 1.97 bits per heavy atom. The number of hydrogen-bond donors (Lipinski definition) is 1. The molecule has 0 amide bonds. The summed E-state index contributed by atoms with van der Waals surface area (Å²) in [5.41, 5.74) is 3.44. The minimum atomic E-state index is -0.292. The molecule has 0 radical (unpaired) electrons. The number of pyridine rings is 2. The highest BCUT2D eigenvalue weighted by atomic mass is 19.1. The topological polar surface area (TPSA) is 66.8 Å². The first-order valence-corrected chi connectivity index (χ1v) is 11.2. The van der Waals surface area contributed by atoms with Crippen molar-refractivity contribution in [2.24, 2.45) is 0 Å². The van der Waals surface area contributed by atoms with Gasteiger partial charge in [0.1, 0.15) is 17.5 Å². The lowest BCUT2D eigenvalue weighted by molar-refractivity contribution is 0.194. The number of rotatable bonds is 6. The molecule has 5 rings (SSSR count). The van der Waals surface area contributed by atoms with E-state index in [0.717, 1.165) is 55.3 Å². The van der Waals surface area contributed by atoms with Gasteiger partial charge in [0.15, 0.2) is 0 Å². The van der Waals surface area contributed by atoms with Crippen LogP contribution in [0.1, 0.15) is 30.3 Å². The molecule has 0 bridgehead atoms. The zero-order valence-corrected chi connectivity index (χ0v) is 18.2. The lowest BCUT2D eigenvalue weighted by Gasteiger charge is -2.32. The molecule has 33 heavy (non-hydrogen) atoms. The van der Waals surface area contributed by atoms with Crippen molar-refractivity contribution in [3.8, 4) is 11.3 Å². The standard InChI is InChI=1S/C26H25FN6/c27-21-8-3-10-22(14-21)30-25-15-24(19-6-4-11-28-16-19)31-26(32-25)20-7-5-13-33(17-20)18-23-9-1-2-12-29-23/h1-4,6,8-12,14-16,20H,5,7,13,17-18H2,(H,30,31,32). The molecule has 1 saturated heterocycles. The Labute approximate surface area is 192 Å². The molecule has 0 spiro atoms. The maximum atomic E-state index is 13.7. The number of piperidine rings is 1. The number of hydrogen-bond acceptors (Lipinski definition) is 6. The van der Waals surface area contributed by atoms with Crippen molar-refractivity contribution in [3.05, 3.63) is 96.6 Å². The monoisotopic (exact) mass is 440 g/mol. The molecular formula is C26H25FN6. The molecule has 166 valence electrons. The van der Waals surface area contributed by atoms with Gasteiger partial charge in [0.05, 0.1) is 11.4 Å². The summed E-state index contributed by atoms with van der Waals surface area (Å²) in [6.07, 6.45) is 7.47. The molecule has 1 aliphatic rings. The number of nitrogens with one attached hydrogen (secondary N) is 1. The zero-order valence-electron chi connectivity index (χ0n) is 18.2. The van der Waals surface area contributed by atoms with Gasteiger partial charge in [0.25, 0.3) is 0 Å². The SMILES string of the molecule is Fc1cccc(Nc2cc(-c3cccnc3)nc(C3CCCN(Cc4ccccn4)C3)n2)c1. The van der Waals surface area contributed by atoms with E-state index in [1.807, 2.05) is 42.6 Å². The van der Waals surface area contributed by atoms with E-state index < -0.39 is 0 Å². The van der Waals surface area contributed by atoms with Gasteiger partial charge >= 0.3 is 0 Å². The van der Waals surface area contributed by atoms with Crippen LogP contribution >= 0.6 is 0 Å². The third-order valence-electron chi connectivity index (χ3n) is 5.78. The van der Waals surface area contributed by atoms with E-state index in [0.29, 0.717) is 11.5 Å². The van der Waals surface area contributed by atoms with E-state index in [4.69, 9.17) is 9.97 Å². The number of likely N-dealkylation sites (tertiary alicyclic amines) is 1. The molecule has 1 atom stereocenters. The molecule has 7 heteroatoms. The Hall–Kier alpha value is -3.71. The van der Waals surface area contributed by atoms with Crippen molar-refractivity contribution in [2.75, 3.05) is 18.4 Å². The first kappa shape index (κ1) is 21.2. The average molecular weight is 441 g/mol. The van der Waals surface area contributed by atoms with E-state index in [9.17, 15) is 4.39 Å². The second kappa shape index (κ2) is 9.83. The van der Waals surface area contributed by atoms with Gasteiger partial charge in [-0.2, -0.15) is 0 Å². The van der Waals surface area contributed by atoms with Gasteiger partial charge in [0.2, 0.25) is 0 Å². The highest BCUT2D eigenvalue weighted by molar-refractivity contribution is 5.65. The van der Waals surface area contributed by atoms with Crippen LogP contribution in [0, 0.1) is 5.82 Å². The highest BCUT2D eigenvalue weighted by Crippen LogP contribution is 2.29. The molecule has 1 aliphatic heterocycles. The lowest BCUT2D eigenvalue weighted by atomic mass is 9.96. The van der Waals surface area contributed by atoms with Crippen molar-refractivity contribution in [3.63, 3.8) is 0 Å². The van der Waals surface area contributed by atoms with Gasteiger partial charge in [-0.15, -0.1) is 0 Å². The second-order valence-corrected chi connectivity index (χ2v) is 8.27. The maximum Gasteiger partial charge on any atom is 0.135 e. The second-order valence-electron chi connectivity index (χ2n) is 8.27. The summed E-state index contributed by atoms with van der Waals surface area (Å²) >= 11 is 0. The molecule has 6 nitrogen and oxygen atoms in total. The van der Waals surface area contributed by atoms with Crippen LogP contribution in [0.4, 0.5) is 15.9 Å². The van der Waals surface area contributed by atoms with E-state index in [2.05, 4.69) is 26.3 Å². The highest BCUT2D eigenvalue weighted by Gasteiger charge is 2.25. The molecule has 0 saturated carbocycles. The van der Waals surface area contributed by atoms with Crippen LogP contribution in [0.2, 0.25) is 0 Å². The van der Waals surface area contributed by atoms with Crippen LogP contribution in [0.3, 0.4) is 0 Å². The molecule has 0 aliphatic carbocycles. The Kier molecular flexibility index (Phi) is 6.30. The molecule has 1 unspecified atom stereocenters. The van der Waals surface area contributed by atoms with Crippen molar-refractivity contribution < 1.29 is 4.39 Å². The fourth-order valence-electron chi connectivity index (χ4n) is 4.22. The molecular weight excluding hydrogens is 415 g/mol. The first-order valence-electron chi connectivity index (χ1n) is 11.2. The summed E-state index contributed by atoms with van der Waals surface area (Å²) < 4.78 is 13.7. The van der Waals surface area contributed by atoms with Gasteiger partial charge < -0.3 is 5.32 Å². The fraction of sp³-hybridized carbons (Fsp3) is 0.231. The van der Waals surface area contributed by atoms with E-state index >= 15 is 0 Å². The Morgan fingerprint density at radius 1 is 1.00 bits per heavy atom. The molecule has 3 aromatic heterocycles.